The second kappa shape index (κ2) is 10.2. The summed E-state index contributed by atoms with van der Waals surface area (Å²) in [6, 6.07) is 1.48. The normalized spacial score (nSPS) is 19.4. The molecule has 1 aliphatic heterocycles. The zero-order valence-corrected chi connectivity index (χ0v) is 17.4. The molecule has 0 aliphatic carbocycles. The van der Waals surface area contributed by atoms with Crippen molar-refractivity contribution in [2.75, 3.05) is 30.9 Å². The monoisotopic (exact) mass is 435 g/mol. The summed E-state index contributed by atoms with van der Waals surface area (Å²) in [5.41, 5.74) is -2.23. The van der Waals surface area contributed by atoms with Gasteiger partial charge in [-0.1, -0.05) is 0 Å². The first-order valence-corrected chi connectivity index (χ1v) is 11.1. The Labute approximate surface area is 165 Å². The van der Waals surface area contributed by atoms with E-state index in [0.29, 0.717) is 5.75 Å². The molecule has 1 aromatic heterocycles. The third kappa shape index (κ3) is 5.89. The first-order valence-electron chi connectivity index (χ1n) is 8.49. The standard InChI is InChI=1S/C15H22N3O8PS/c1-4-24-27(22,25-5-2)15(21)23-8-13-26-12(9-28-13)18-7-6-11(16-10(3)19)17-14(18)20/h6-7,12-13H,4-5,8-9H2,1-3H3,(H,16,17,19,20)/t12-,13+/m1/s1. The van der Waals surface area contributed by atoms with Crippen LogP contribution in [0.15, 0.2) is 17.1 Å². The van der Waals surface area contributed by atoms with Gasteiger partial charge >= 0.3 is 19.0 Å². The molecule has 2 heterocycles. The van der Waals surface area contributed by atoms with E-state index in [1.807, 2.05) is 0 Å². The molecule has 0 unspecified atom stereocenters. The second-order valence-corrected chi connectivity index (χ2v) is 8.52. The molecular weight excluding hydrogens is 413 g/mol. The van der Waals surface area contributed by atoms with Crippen molar-refractivity contribution >= 4 is 36.8 Å². The van der Waals surface area contributed by atoms with E-state index in [-0.39, 0.29) is 31.5 Å². The van der Waals surface area contributed by atoms with Crippen LogP contribution in [0.25, 0.3) is 0 Å². The highest BCUT2D eigenvalue weighted by atomic mass is 32.2. The quantitative estimate of drug-likeness (QED) is 0.575. The van der Waals surface area contributed by atoms with Gasteiger partial charge in [0.25, 0.3) is 0 Å². The molecule has 13 heteroatoms. The second-order valence-electron chi connectivity index (χ2n) is 5.45. The Morgan fingerprint density at radius 2 is 2.07 bits per heavy atom. The predicted octanol–water partition coefficient (Wildman–Crippen LogP) is 2.19. The number of anilines is 1. The molecule has 0 saturated carbocycles. The minimum Gasteiger partial charge on any atom is -0.453 e. The van der Waals surface area contributed by atoms with Crippen LogP contribution in [0.1, 0.15) is 27.0 Å². The molecule has 1 amide bonds. The molecule has 1 fully saturated rings. The fraction of sp³-hybridized carbons (Fsp3) is 0.600. The highest BCUT2D eigenvalue weighted by Crippen LogP contribution is 2.50. The van der Waals surface area contributed by atoms with Crippen molar-refractivity contribution in [1.82, 2.24) is 9.55 Å². The van der Waals surface area contributed by atoms with Crippen molar-refractivity contribution in [2.24, 2.45) is 0 Å². The number of carbonyl (C=O) groups excluding carboxylic acids is 2. The van der Waals surface area contributed by atoms with Crippen molar-refractivity contribution in [3.05, 3.63) is 22.7 Å². The van der Waals surface area contributed by atoms with E-state index in [4.69, 9.17) is 18.5 Å². The molecule has 28 heavy (non-hydrogen) atoms. The summed E-state index contributed by atoms with van der Waals surface area (Å²) in [5, 5.41) is 2.42. The summed E-state index contributed by atoms with van der Waals surface area (Å²) in [6.45, 7) is 4.37. The van der Waals surface area contributed by atoms with E-state index in [1.54, 1.807) is 13.8 Å². The SMILES string of the molecule is CCOP(=O)(OCC)C(=O)OC[C@H]1O[C@@H](n2ccc(NC(C)=O)nc2=O)CS1. The predicted molar refractivity (Wildman–Crippen MR) is 101 cm³/mol. The maximum absolute atomic E-state index is 12.3. The Kier molecular flexibility index (Phi) is 8.20. The number of ether oxygens (including phenoxy) is 2. The van der Waals surface area contributed by atoms with Crippen molar-refractivity contribution in [3.8, 4) is 0 Å². The number of hydrogen-bond acceptors (Lipinski definition) is 10. The molecule has 0 radical (unpaired) electrons. The van der Waals surface area contributed by atoms with Crippen LogP contribution in [0.4, 0.5) is 10.6 Å². The molecule has 2 atom stereocenters. The van der Waals surface area contributed by atoms with E-state index in [2.05, 4.69) is 10.3 Å². The van der Waals surface area contributed by atoms with Gasteiger partial charge < -0.3 is 23.8 Å². The van der Waals surface area contributed by atoms with Gasteiger partial charge in [0.2, 0.25) is 5.91 Å². The topological polar surface area (TPSA) is 135 Å². The average molecular weight is 435 g/mol. The molecule has 2 rings (SSSR count). The number of thioether (sulfide) groups is 1. The average Bonchev–Trinajstić information content (AvgIpc) is 3.08. The largest absolute Gasteiger partial charge is 0.453 e. The lowest BCUT2D eigenvalue weighted by Gasteiger charge is -2.17. The molecule has 1 saturated heterocycles. The van der Waals surface area contributed by atoms with Gasteiger partial charge in [0.1, 0.15) is 24.1 Å². The number of nitrogens with one attached hydrogen (secondary N) is 1. The number of rotatable bonds is 9. The highest BCUT2D eigenvalue weighted by Gasteiger charge is 2.38. The minimum absolute atomic E-state index is 0.0352. The zero-order chi connectivity index (χ0) is 20.7. The molecule has 156 valence electrons. The summed E-state index contributed by atoms with van der Waals surface area (Å²) in [7, 11) is -3.99. The van der Waals surface area contributed by atoms with Crippen LogP contribution >= 0.6 is 19.4 Å². The Balaban J connectivity index is 1.93. The van der Waals surface area contributed by atoms with E-state index in [0.717, 1.165) is 0 Å². The van der Waals surface area contributed by atoms with Crippen molar-refractivity contribution in [1.29, 1.82) is 0 Å². The first kappa shape index (κ1) is 22.6. The molecular formula is C15H22N3O8PS. The van der Waals surface area contributed by atoms with E-state index >= 15 is 0 Å². The van der Waals surface area contributed by atoms with Crippen LogP contribution in [-0.2, 0) is 27.9 Å². The van der Waals surface area contributed by atoms with E-state index < -0.39 is 30.7 Å². The number of hydrogen-bond donors (Lipinski definition) is 1. The lowest BCUT2D eigenvalue weighted by Crippen LogP contribution is -2.29. The molecule has 1 aromatic rings. The summed E-state index contributed by atoms with van der Waals surface area (Å²) < 4.78 is 34.1. The van der Waals surface area contributed by atoms with Gasteiger partial charge in [-0.25, -0.2) is 14.2 Å². The Hall–Kier alpha value is -1.72. The van der Waals surface area contributed by atoms with Crippen LogP contribution in [0.3, 0.4) is 0 Å². The summed E-state index contributed by atoms with van der Waals surface area (Å²) in [4.78, 5) is 38.9. The third-order valence-electron chi connectivity index (χ3n) is 3.34. The third-order valence-corrected chi connectivity index (χ3v) is 6.21. The fourth-order valence-electron chi connectivity index (χ4n) is 2.26. The van der Waals surface area contributed by atoms with Gasteiger partial charge in [-0.2, -0.15) is 4.98 Å². The van der Waals surface area contributed by atoms with Gasteiger partial charge in [-0.3, -0.25) is 9.36 Å². The number of carbonyl (C=O) groups is 2. The first-order chi connectivity index (χ1) is 13.3. The van der Waals surface area contributed by atoms with Gasteiger partial charge in [0.05, 0.1) is 13.2 Å². The van der Waals surface area contributed by atoms with Crippen molar-refractivity contribution in [3.63, 3.8) is 0 Å². The summed E-state index contributed by atoms with van der Waals surface area (Å²) in [5.74, 6) is 0.223. The van der Waals surface area contributed by atoms with Crippen LogP contribution < -0.4 is 11.0 Å². The number of amides is 1. The van der Waals surface area contributed by atoms with Crippen LogP contribution in [0.2, 0.25) is 0 Å². The molecule has 1 aliphatic rings. The fourth-order valence-corrected chi connectivity index (χ4v) is 4.45. The Morgan fingerprint density at radius 3 is 2.64 bits per heavy atom. The number of aromatic nitrogens is 2. The van der Waals surface area contributed by atoms with Gasteiger partial charge in [0.15, 0.2) is 0 Å². The Morgan fingerprint density at radius 1 is 1.39 bits per heavy atom. The lowest BCUT2D eigenvalue weighted by atomic mass is 10.5. The van der Waals surface area contributed by atoms with Crippen LogP contribution in [0.5, 0.6) is 0 Å². The summed E-state index contributed by atoms with van der Waals surface area (Å²) in [6.07, 6.45) is 0.837. The molecule has 1 N–H and O–H groups in total. The molecule has 0 spiro atoms. The van der Waals surface area contributed by atoms with E-state index in [9.17, 15) is 18.9 Å². The highest BCUT2D eigenvalue weighted by molar-refractivity contribution is 8.00. The number of nitrogens with zero attached hydrogens (tertiary/aromatic N) is 2. The molecule has 11 nitrogen and oxygen atoms in total. The van der Waals surface area contributed by atoms with Crippen LogP contribution in [-0.4, -0.2) is 52.2 Å². The maximum atomic E-state index is 12.3. The van der Waals surface area contributed by atoms with Gasteiger partial charge in [-0.15, -0.1) is 11.8 Å². The van der Waals surface area contributed by atoms with Gasteiger partial charge in [-0.05, 0) is 19.9 Å². The van der Waals surface area contributed by atoms with Gasteiger partial charge in [0, 0.05) is 18.9 Å². The zero-order valence-electron chi connectivity index (χ0n) is 15.7. The maximum Gasteiger partial charge on any atom is 0.438 e. The van der Waals surface area contributed by atoms with Crippen molar-refractivity contribution < 1.29 is 32.7 Å². The van der Waals surface area contributed by atoms with Crippen LogP contribution in [0, 0.1) is 0 Å². The van der Waals surface area contributed by atoms with E-state index in [1.165, 1.54) is 35.5 Å². The smallest absolute Gasteiger partial charge is 0.438 e. The summed E-state index contributed by atoms with van der Waals surface area (Å²) >= 11 is 1.32. The lowest BCUT2D eigenvalue weighted by molar-refractivity contribution is -0.114. The minimum atomic E-state index is -3.99. The van der Waals surface area contributed by atoms with Crippen molar-refractivity contribution in [2.45, 2.75) is 32.4 Å². The molecule has 0 aromatic carbocycles. The Bertz CT molecular complexity index is 807. The molecule has 0 bridgehead atoms.